The molecule has 4 rings (SSSR count). The Morgan fingerprint density at radius 1 is 0.889 bits per heavy atom. The van der Waals surface area contributed by atoms with Crippen molar-refractivity contribution in [3.8, 4) is 22.0 Å². The van der Waals surface area contributed by atoms with E-state index < -0.39 is 0 Å². The Hall–Kier alpha value is -2.96. The summed E-state index contributed by atoms with van der Waals surface area (Å²) in [5.74, 6) is -0.0902. The zero-order valence-electron chi connectivity index (χ0n) is 14.0. The smallest absolute Gasteiger partial charge is 0.304 e. The van der Waals surface area contributed by atoms with Gasteiger partial charge in [0.2, 0.25) is 5.69 Å². The van der Waals surface area contributed by atoms with Crippen molar-refractivity contribution in [1.82, 2.24) is 5.10 Å². The Morgan fingerprint density at radius 2 is 1.56 bits per heavy atom. The van der Waals surface area contributed by atoms with E-state index in [0.29, 0.717) is 5.13 Å². The minimum absolute atomic E-state index is 0. The summed E-state index contributed by atoms with van der Waals surface area (Å²) in [6, 6.07) is 22.9. The summed E-state index contributed by atoms with van der Waals surface area (Å²) in [7, 11) is 0. The van der Waals surface area contributed by atoms with Crippen LogP contribution in [0.4, 0.5) is 15.2 Å². The maximum Gasteiger partial charge on any atom is 0.304 e. The summed E-state index contributed by atoms with van der Waals surface area (Å²) in [5.41, 5.74) is 2.60. The summed E-state index contributed by atoms with van der Waals surface area (Å²) in [6.07, 6.45) is 0. The van der Waals surface area contributed by atoms with Gasteiger partial charge in [0.25, 0.3) is 5.13 Å². The molecule has 1 heterocycles. The van der Waals surface area contributed by atoms with E-state index in [1.165, 1.54) is 23.5 Å². The molecule has 1 aromatic heterocycles. The molecule has 0 saturated carbocycles. The minimum atomic E-state index is -0.293. The van der Waals surface area contributed by atoms with Gasteiger partial charge in [-0.2, -0.15) is 0 Å². The van der Waals surface area contributed by atoms with Gasteiger partial charge in [0.15, 0.2) is 0 Å². The van der Waals surface area contributed by atoms with Gasteiger partial charge >= 0.3 is 5.01 Å². The van der Waals surface area contributed by atoms with Crippen molar-refractivity contribution in [3.05, 3.63) is 84.7 Å². The van der Waals surface area contributed by atoms with Gasteiger partial charge in [-0.3, -0.25) is 0 Å². The number of phenols is 1. The summed E-state index contributed by atoms with van der Waals surface area (Å²) in [6.45, 7) is 0. The van der Waals surface area contributed by atoms with Gasteiger partial charge in [0.05, 0.1) is 5.56 Å². The van der Waals surface area contributed by atoms with Crippen molar-refractivity contribution in [2.45, 2.75) is 0 Å². The normalized spacial score (nSPS) is 10.3. The molecule has 3 aromatic carbocycles. The van der Waals surface area contributed by atoms with Crippen molar-refractivity contribution in [3.63, 3.8) is 0 Å². The molecule has 0 bridgehead atoms. The summed E-state index contributed by atoms with van der Waals surface area (Å²) in [5, 5.41) is 19.1. The molecule has 2 N–H and O–H groups in total. The first kappa shape index (κ1) is 18.8. The second-order valence-corrected chi connectivity index (χ2v) is 6.62. The monoisotopic (exact) mass is 399 g/mol. The number of nitrogens with one attached hydrogen (secondary N) is 1. The van der Waals surface area contributed by atoms with Crippen LogP contribution in [0.5, 0.6) is 5.75 Å². The fraction of sp³-hybridized carbons (Fsp3) is 0. The summed E-state index contributed by atoms with van der Waals surface area (Å²) in [4.78, 5) is 0. The van der Waals surface area contributed by atoms with Crippen molar-refractivity contribution < 1.29 is 26.6 Å². The fourth-order valence-corrected chi connectivity index (χ4v) is 3.49. The van der Waals surface area contributed by atoms with Crippen LogP contribution >= 0.6 is 11.3 Å². The van der Waals surface area contributed by atoms with E-state index in [1.807, 2.05) is 42.5 Å². The number of hydrogen-bond acceptors (Lipinski definition) is 4. The number of aromatic nitrogens is 2. The van der Waals surface area contributed by atoms with Crippen molar-refractivity contribution in [2.24, 2.45) is 0 Å². The zero-order chi connectivity index (χ0) is 17.9. The third kappa shape index (κ3) is 4.24. The lowest BCUT2D eigenvalue weighted by Gasteiger charge is -1.97. The fourth-order valence-electron chi connectivity index (χ4n) is 2.53. The molecule has 0 amide bonds. The molecule has 0 aliphatic rings. The zero-order valence-corrected chi connectivity index (χ0v) is 15.6. The van der Waals surface area contributed by atoms with Crippen LogP contribution in [0, 0.1) is 5.82 Å². The Balaban J connectivity index is 0.00000210. The number of hydrogen-bond donors (Lipinski definition) is 2. The molecule has 0 aliphatic heterocycles. The first-order chi connectivity index (χ1) is 12.7. The van der Waals surface area contributed by atoms with Gasteiger partial charge < -0.3 is 22.8 Å². The second kappa shape index (κ2) is 8.16. The minimum Gasteiger partial charge on any atom is -1.00 e. The lowest BCUT2D eigenvalue weighted by atomic mass is 10.2. The highest BCUT2D eigenvalue weighted by molar-refractivity contribution is 7.18. The predicted octanol–water partition coefficient (Wildman–Crippen LogP) is 1.68. The topological polar surface area (TPSA) is 49.0 Å². The number of anilines is 2. The molecule has 4 nitrogen and oxygen atoms in total. The number of halogens is 2. The van der Waals surface area contributed by atoms with Crippen LogP contribution in [-0.2, 0) is 0 Å². The third-order valence-electron chi connectivity index (χ3n) is 3.79. The van der Waals surface area contributed by atoms with E-state index in [0.717, 1.165) is 21.9 Å². The lowest BCUT2D eigenvalue weighted by molar-refractivity contribution is -0.642. The average Bonchev–Trinajstić information content (AvgIpc) is 3.07. The molecule has 0 spiro atoms. The molecule has 4 aromatic rings. The third-order valence-corrected chi connectivity index (χ3v) is 4.77. The van der Waals surface area contributed by atoms with E-state index in [-0.39, 0.29) is 24.0 Å². The van der Waals surface area contributed by atoms with E-state index in [1.54, 1.807) is 28.9 Å². The van der Waals surface area contributed by atoms with E-state index in [4.69, 9.17) is 0 Å². The van der Waals surface area contributed by atoms with Crippen LogP contribution < -0.4 is 22.4 Å². The number of aromatic hydroxyl groups is 1. The van der Waals surface area contributed by atoms with Gasteiger partial charge in [0.1, 0.15) is 11.6 Å². The maximum absolute atomic E-state index is 13.3. The van der Waals surface area contributed by atoms with E-state index in [2.05, 4.69) is 10.4 Å². The maximum atomic E-state index is 13.3. The Bertz CT molecular complexity index is 959. The highest BCUT2D eigenvalue weighted by atomic mass is 35.5. The van der Waals surface area contributed by atoms with Gasteiger partial charge in [-0.1, -0.05) is 18.2 Å². The number of para-hydroxylation sites is 1. The Morgan fingerprint density at radius 3 is 2.22 bits per heavy atom. The molecular weight excluding hydrogens is 385 g/mol. The first-order valence-corrected chi connectivity index (χ1v) is 8.81. The Kier molecular flexibility index (Phi) is 5.69. The molecule has 0 atom stereocenters. The molecule has 0 aliphatic carbocycles. The van der Waals surface area contributed by atoms with Crippen LogP contribution in [0.15, 0.2) is 78.9 Å². The number of phenolic OH excluding ortho intramolecular Hbond substituents is 1. The molecular formula is C20H15ClFN3OS. The van der Waals surface area contributed by atoms with Crippen LogP contribution in [0.3, 0.4) is 0 Å². The molecule has 0 radical (unpaired) electrons. The largest absolute Gasteiger partial charge is 1.00 e. The second-order valence-electron chi connectivity index (χ2n) is 5.64. The highest BCUT2D eigenvalue weighted by Crippen LogP contribution is 2.29. The lowest BCUT2D eigenvalue weighted by Crippen LogP contribution is -3.00. The number of benzene rings is 3. The van der Waals surface area contributed by atoms with E-state index >= 15 is 0 Å². The average molecular weight is 400 g/mol. The van der Waals surface area contributed by atoms with Crippen LogP contribution in [-0.4, -0.2) is 10.2 Å². The van der Waals surface area contributed by atoms with Gasteiger partial charge in [-0.05, 0) is 64.5 Å². The van der Waals surface area contributed by atoms with Crippen LogP contribution in [0.25, 0.3) is 16.3 Å². The summed E-state index contributed by atoms with van der Waals surface area (Å²) < 4.78 is 15.1. The van der Waals surface area contributed by atoms with Crippen molar-refractivity contribution in [2.75, 3.05) is 5.32 Å². The van der Waals surface area contributed by atoms with Crippen LogP contribution in [0.2, 0.25) is 0 Å². The van der Waals surface area contributed by atoms with Crippen molar-refractivity contribution >= 4 is 22.2 Å². The highest BCUT2D eigenvalue weighted by Gasteiger charge is 2.24. The standard InChI is InChI=1S/C20H14FN3OS.ClH/c21-15-8-10-17(11-9-15)24-19(14-6-12-18(25)13-7-14)26-20(23-24)22-16-4-2-1-3-5-16;/h1-13H,(H,22,23);1H. The molecule has 7 heteroatoms. The van der Waals surface area contributed by atoms with E-state index in [9.17, 15) is 9.50 Å². The summed E-state index contributed by atoms with van der Waals surface area (Å²) >= 11 is 1.48. The molecule has 136 valence electrons. The van der Waals surface area contributed by atoms with Gasteiger partial charge in [-0.15, -0.1) is 0 Å². The molecule has 0 fully saturated rings. The van der Waals surface area contributed by atoms with Gasteiger partial charge in [-0.25, -0.2) is 4.39 Å². The predicted molar refractivity (Wildman–Crippen MR) is 100 cm³/mol. The first-order valence-electron chi connectivity index (χ1n) is 8.00. The molecule has 0 saturated heterocycles. The molecule has 0 unspecified atom stereocenters. The number of rotatable bonds is 4. The number of nitrogens with zero attached hydrogens (tertiary/aromatic N) is 2. The SMILES string of the molecule is Oc1ccc(-c2sc(Nc3ccccc3)n[n+]2-c2ccc(F)cc2)cc1.[Cl-]. The van der Waals surface area contributed by atoms with Gasteiger partial charge in [0, 0.05) is 22.9 Å². The molecule has 27 heavy (non-hydrogen) atoms. The van der Waals surface area contributed by atoms with Crippen LogP contribution in [0.1, 0.15) is 0 Å². The Labute approximate surface area is 166 Å². The van der Waals surface area contributed by atoms with Crippen molar-refractivity contribution in [1.29, 1.82) is 0 Å². The quantitative estimate of drug-likeness (QED) is 0.513.